The van der Waals surface area contributed by atoms with Gasteiger partial charge in [-0.1, -0.05) is 53.0 Å². The Balaban J connectivity index is 1.42. The van der Waals surface area contributed by atoms with Crippen LogP contribution in [0.25, 0.3) is 16.7 Å². The molecule has 1 amide bonds. The molecule has 0 radical (unpaired) electrons. The summed E-state index contributed by atoms with van der Waals surface area (Å²) in [6.45, 7) is 0. The maximum absolute atomic E-state index is 13.3. The molecule has 4 aromatic rings. The molecule has 1 aromatic heterocycles. The molecule has 1 aliphatic carbocycles. The van der Waals surface area contributed by atoms with Crippen LogP contribution in [-0.4, -0.2) is 34.2 Å². The maximum Gasteiger partial charge on any atom is 0.333 e. The number of hydrogen-bond donors (Lipinski definition) is 1. The fraction of sp³-hybridized carbons (Fsp3) is 0.222. The fourth-order valence-corrected chi connectivity index (χ4v) is 5.16. The highest BCUT2D eigenvalue weighted by Crippen LogP contribution is 2.37. The van der Waals surface area contributed by atoms with Crippen LogP contribution in [0.1, 0.15) is 34.8 Å². The smallest absolute Gasteiger partial charge is 0.333 e. The van der Waals surface area contributed by atoms with E-state index >= 15 is 0 Å². The first kappa shape index (κ1) is 25.4. The molecule has 10 heteroatoms. The number of benzene rings is 3. The predicted octanol–water partition coefficient (Wildman–Crippen LogP) is 5.60. The molecule has 1 heterocycles. The zero-order chi connectivity index (χ0) is 26.3. The van der Waals surface area contributed by atoms with Gasteiger partial charge in [-0.15, -0.1) is 0 Å². The third kappa shape index (κ3) is 4.99. The number of imidazole rings is 1. The maximum atomic E-state index is 13.3. The van der Waals surface area contributed by atoms with E-state index in [1.54, 1.807) is 33.4 Å². The normalized spacial score (nSPS) is 13.9. The average molecular weight is 559 g/mol. The molecule has 1 atom stereocenters. The van der Waals surface area contributed by atoms with Crippen molar-refractivity contribution in [3.8, 4) is 5.69 Å². The Bertz CT molecular complexity index is 1550. The second-order valence-corrected chi connectivity index (χ2v) is 10.1. The van der Waals surface area contributed by atoms with Gasteiger partial charge in [-0.25, -0.2) is 9.59 Å². The number of amides is 1. The van der Waals surface area contributed by atoms with E-state index in [1.807, 2.05) is 36.4 Å². The van der Waals surface area contributed by atoms with Crippen molar-refractivity contribution in [3.05, 3.63) is 97.3 Å². The van der Waals surface area contributed by atoms with Crippen molar-refractivity contribution < 1.29 is 14.3 Å². The van der Waals surface area contributed by atoms with Crippen molar-refractivity contribution in [2.24, 2.45) is 0 Å². The quantitative estimate of drug-likeness (QED) is 0.299. The second-order valence-electron chi connectivity index (χ2n) is 8.87. The zero-order valence-electron chi connectivity index (χ0n) is 19.7. The first-order chi connectivity index (χ1) is 17.8. The van der Waals surface area contributed by atoms with Crippen molar-refractivity contribution >= 4 is 57.7 Å². The topological polar surface area (TPSA) is 82.3 Å². The summed E-state index contributed by atoms with van der Waals surface area (Å²) in [7, 11) is 1.25. The molecule has 1 unspecified atom stereocenters. The number of aromatic nitrogens is 2. The van der Waals surface area contributed by atoms with Crippen LogP contribution in [0.2, 0.25) is 15.1 Å². The molecule has 1 N–H and O–H groups in total. The highest BCUT2D eigenvalue weighted by molar-refractivity contribution is 6.39. The molecule has 1 aliphatic rings. The summed E-state index contributed by atoms with van der Waals surface area (Å²) in [5.74, 6) is -1.19. The van der Waals surface area contributed by atoms with Gasteiger partial charge >= 0.3 is 11.7 Å². The highest BCUT2D eigenvalue weighted by Gasteiger charge is 2.29. The predicted molar refractivity (Wildman–Crippen MR) is 144 cm³/mol. The number of halogens is 3. The Morgan fingerprint density at radius 3 is 2.30 bits per heavy atom. The Morgan fingerprint density at radius 2 is 1.68 bits per heavy atom. The van der Waals surface area contributed by atoms with Crippen molar-refractivity contribution in [2.45, 2.75) is 31.3 Å². The van der Waals surface area contributed by atoms with E-state index in [-0.39, 0.29) is 33.8 Å². The Labute approximate surface area is 227 Å². The lowest BCUT2D eigenvalue weighted by Crippen LogP contribution is -2.43. The summed E-state index contributed by atoms with van der Waals surface area (Å²) in [4.78, 5) is 38.7. The van der Waals surface area contributed by atoms with Gasteiger partial charge in [0.1, 0.15) is 6.04 Å². The third-order valence-corrected chi connectivity index (χ3v) is 7.23. The standard InChI is InChI=1S/C27H22Cl3N3O4/c1-37-26(35)21(31-25(34)24-19(29)3-2-4-20(24)30)13-15-5-8-17(9-6-15)32-22-12-7-16(28)14-23(22)33(27(32)36)18-10-11-18/h2-9,12,14,18,21H,10-11,13H2,1H3,(H,31,34). The van der Waals surface area contributed by atoms with Crippen molar-refractivity contribution in [1.29, 1.82) is 0 Å². The van der Waals surface area contributed by atoms with E-state index in [4.69, 9.17) is 39.5 Å². The molecule has 0 spiro atoms. The first-order valence-corrected chi connectivity index (χ1v) is 12.8. The minimum atomic E-state index is -0.975. The van der Waals surface area contributed by atoms with E-state index in [0.29, 0.717) is 10.7 Å². The van der Waals surface area contributed by atoms with Gasteiger partial charge in [0.25, 0.3) is 5.91 Å². The average Bonchev–Trinajstić information content (AvgIpc) is 3.66. The van der Waals surface area contributed by atoms with Gasteiger partial charge in [0.15, 0.2) is 0 Å². The Kier molecular flexibility index (Phi) is 7.03. The monoisotopic (exact) mass is 557 g/mol. The lowest BCUT2D eigenvalue weighted by molar-refractivity contribution is -0.142. The van der Waals surface area contributed by atoms with E-state index in [2.05, 4.69) is 5.32 Å². The summed E-state index contributed by atoms with van der Waals surface area (Å²) < 4.78 is 8.36. The number of esters is 1. The highest BCUT2D eigenvalue weighted by atomic mass is 35.5. The molecule has 0 saturated heterocycles. The van der Waals surface area contributed by atoms with Crippen LogP contribution in [0.3, 0.4) is 0 Å². The van der Waals surface area contributed by atoms with Crippen molar-refractivity contribution in [3.63, 3.8) is 0 Å². The van der Waals surface area contributed by atoms with Crippen LogP contribution in [0.15, 0.2) is 65.5 Å². The van der Waals surface area contributed by atoms with Gasteiger partial charge in [-0.3, -0.25) is 13.9 Å². The van der Waals surface area contributed by atoms with Gasteiger partial charge in [0, 0.05) is 17.5 Å². The molecule has 0 bridgehead atoms. The van der Waals surface area contributed by atoms with Crippen molar-refractivity contribution in [2.75, 3.05) is 7.11 Å². The molecule has 3 aromatic carbocycles. The first-order valence-electron chi connectivity index (χ1n) is 11.6. The molecular weight excluding hydrogens is 537 g/mol. The molecular formula is C27H22Cl3N3O4. The number of carbonyl (C=O) groups excluding carboxylic acids is 2. The zero-order valence-corrected chi connectivity index (χ0v) is 22.0. The summed E-state index contributed by atoms with van der Waals surface area (Å²) >= 11 is 18.5. The van der Waals surface area contributed by atoms with Crippen LogP contribution in [0.4, 0.5) is 0 Å². The minimum Gasteiger partial charge on any atom is -0.467 e. The number of nitrogens with one attached hydrogen (secondary N) is 1. The third-order valence-electron chi connectivity index (χ3n) is 6.36. The Morgan fingerprint density at radius 1 is 1.00 bits per heavy atom. The number of nitrogens with zero attached hydrogens (tertiary/aromatic N) is 2. The number of hydrogen-bond acceptors (Lipinski definition) is 4. The fourth-order valence-electron chi connectivity index (χ4n) is 4.43. The van der Waals surface area contributed by atoms with Gasteiger partial charge in [0.2, 0.25) is 0 Å². The lowest BCUT2D eigenvalue weighted by atomic mass is 10.0. The van der Waals surface area contributed by atoms with E-state index in [1.165, 1.54) is 7.11 Å². The molecule has 1 fully saturated rings. The molecule has 7 nitrogen and oxygen atoms in total. The van der Waals surface area contributed by atoms with Gasteiger partial charge in [-0.05, 0) is 60.9 Å². The van der Waals surface area contributed by atoms with Gasteiger partial charge in [0.05, 0.1) is 39.4 Å². The summed E-state index contributed by atoms with van der Waals surface area (Å²) in [6, 6.07) is 16.6. The largest absolute Gasteiger partial charge is 0.467 e. The summed E-state index contributed by atoms with van der Waals surface area (Å²) in [5, 5.41) is 3.59. The number of rotatable bonds is 7. The van der Waals surface area contributed by atoms with Crippen LogP contribution in [0, 0.1) is 0 Å². The molecule has 5 rings (SSSR count). The van der Waals surface area contributed by atoms with Crippen LogP contribution in [-0.2, 0) is 16.0 Å². The van der Waals surface area contributed by atoms with Crippen LogP contribution >= 0.6 is 34.8 Å². The van der Waals surface area contributed by atoms with Crippen molar-refractivity contribution in [1.82, 2.24) is 14.5 Å². The summed E-state index contributed by atoms with van der Waals surface area (Å²) in [6.07, 6.45) is 2.09. The lowest BCUT2D eigenvalue weighted by Gasteiger charge is -2.18. The number of methoxy groups -OCH3 is 1. The molecule has 37 heavy (non-hydrogen) atoms. The minimum absolute atomic E-state index is 0.0848. The number of fused-ring (bicyclic) bond motifs is 1. The number of carbonyl (C=O) groups is 2. The van der Waals surface area contributed by atoms with E-state index in [0.717, 1.165) is 29.4 Å². The van der Waals surface area contributed by atoms with Crippen LogP contribution in [0.5, 0.6) is 0 Å². The Hall–Kier alpha value is -3.26. The van der Waals surface area contributed by atoms with Gasteiger partial charge < -0.3 is 10.1 Å². The summed E-state index contributed by atoms with van der Waals surface area (Å²) in [5.41, 5.74) is 2.97. The van der Waals surface area contributed by atoms with E-state index < -0.39 is 17.9 Å². The molecule has 190 valence electrons. The SMILES string of the molecule is COC(=O)C(Cc1ccc(-n2c(=O)n(C3CC3)c3cc(Cl)ccc32)cc1)NC(=O)c1c(Cl)cccc1Cl. The van der Waals surface area contributed by atoms with Crippen LogP contribution < -0.4 is 11.0 Å². The molecule has 1 saturated carbocycles. The van der Waals surface area contributed by atoms with Gasteiger partial charge in [-0.2, -0.15) is 0 Å². The van der Waals surface area contributed by atoms with E-state index in [9.17, 15) is 14.4 Å². The number of ether oxygens (including phenoxy) is 1. The molecule has 0 aliphatic heterocycles. The second kappa shape index (κ2) is 10.2.